The van der Waals surface area contributed by atoms with Crippen molar-refractivity contribution in [3.8, 4) is 6.07 Å². The summed E-state index contributed by atoms with van der Waals surface area (Å²) in [4.78, 5) is 13.9. The van der Waals surface area contributed by atoms with Gasteiger partial charge in [0.2, 0.25) is 0 Å². The second-order valence-electron chi connectivity index (χ2n) is 4.93. The van der Waals surface area contributed by atoms with Gasteiger partial charge in [0.05, 0.1) is 17.7 Å². The maximum atomic E-state index is 12.3. The molecule has 0 saturated heterocycles. The van der Waals surface area contributed by atoms with Gasteiger partial charge in [0.25, 0.3) is 0 Å². The van der Waals surface area contributed by atoms with Crippen molar-refractivity contribution in [1.29, 1.82) is 5.26 Å². The highest BCUT2D eigenvalue weighted by atomic mass is 35.5. The lowest BCUT2D eigenvalue weighted by Gasteiger charge is -2.26. The van der Waals surface area contributed by atoms with Crippen LogP contribution in [0.5, 0.6) is 0 Å². The summed E-state index contributed by atoms with van der Waals surface area (Å²) < 4.78 is 0. The number of carbonyl (C=O) groups is 1. The molecule has 4 nitrogen and oxygen atoms in total. The first-order valence-corrected chi connectivity index (χ1v) is 7.19. The molecular formula is C17H16ClN3O. The molecule has 0 aliphatic carbocycles. The van der Waals surface area contributed by atoms with Crippen LogP contribution in [0.25, 0.3) is 0 Å². The Hall–Kier alpha value is -2.51. The van der Waals surface area contributed by atoms with Crippen LogP contribution in [0.4, 0.5) is 10.5 Å². The molecule has 2 rings (SSSR count). The lowest BCUT2D eigenvalue weighted by atomic mass is 10.1. The molecule has 0 saturated carbocycles. The lowest BCUT2D eigenvalue weighted by molar-refractivity contribution is 0.208. The van der Waals surface area contributed by atoms with E-state index >= 15 is 0 Å². The van der Waals surface area contributed by atoms with Crippen molar-refractivity contribution >= 4 is 23.3 Å². The summed E-state index contributed by atoms with van der Waals surface area (Å²) in [7, 11) is 1.71. The minimum atomic E-state index is -0.262. The van der Waals surface area contributed by atoms with Gasteiger partial charge in [-0.3, -0.25) is 0 Å². The number of nitrogens with one attached hydrogen (secondary N) is 1. The summed E-state index contributed by atoms with van der Waals surface area (Å²) in [6.07, 6.45) is 0. The summed E-state index contributed by atoms with van der Waals surface area (Å²) in [6, 6.07) is 15.8. The van der Waals surface area contributed by atoms with Gasteiger partial charge in [0.15, 0.2) is 0 Å². The average Bonchev–Trinajstić information content (AvgIpc) is 2.54. The fraction of sp³-hybridized carbons (Fsp3) is 0.176. The number of nitrogens with zero attached hydrogens (tertiary/aromatic N) is 2. The number of anilines is 1. The molecule has 112 valence electrons. The Morgan fingerprint density at radius 2 is 2.00 bits per heavy atom. The Labute approximate surface area is 134 Å². The van der Waals surface area contributed by atoms with Gasteiger partial charge in [0, 0.05) is 17.8 Å². The van der Waals surface area contributed by atoms with E-state index in [1.54, 1.807) is 42.3 Å². The van der Waals surface area contributed by atoms with Crippen LogP contribution in [0.1, 0.15) is 24.1 Å². The number of hydrogen-bond donors (Lipinski definition) is 1. The fourth-order valence-electron chi connectivity index (χ4n) is 2.08. The van der Waals surface area contributed by atoms with Crippen LogP contribution < -0.4 is 5.32 Å². The highest BCUT2D eigenvalue weighted by Crippen LogP contribution is 2.26. The van der Waals surface area contributed by atoms with E-state index in [1.165, 1.54) is 0 Å². The van der Waals surface area contributed by atoms with Crippen molar-refractivity contribution in [2.45, 2.75) is 13.0 Å². The smallest absolute Gasteiger partial charge is 0.321 e. The maximum Gasteiger partial charge on any atom is 0.322 e. The van der Waals surface area contributed by atoms with E-state index < -0.39 is 0 Å². The second kappa shape index (κ2) is 6.97. The molecule has 22 heavy (non-hydrogen) atoms. The van der Waals surface area contributed by atoms with Crippen molar-refractivity contribution < 1.29 is 4.79 Å². The standard InChI is InChI=1S/C17H16ClN3O/c1-12(15-8-3-4-9-16(15)18)21(2)17(22)20-14-7-5-6-13(10-14)11-19/h3-10,12H,1-2H3,(H,20,22)/t12-/m0/s1. The maximum absolute atomic E-state index is 12.3. The van der Waals surface area contributed by atoms with Crippen LogP contribution >= 0.6 is 11.6 Å². The highest BCUT2D eigenvalue weighted by Gasteiger charge is 2.19. The number of halogens is 1. The van der Waals surface area contributed by atoms with E-state index in [9.17, 15) is 4.79 Å². The molecule has 0 unspecified atom stereocenters. The van der Waals surface area contributed by atoms with Crippen molar-refractivity contribution in [2.75, 3.05) is 12.4 Å². The summed E-state index contributed by atoms with van der Waals surface area (Å²) in [5, 5.41) is 12.3. The van der Waals surface area contributed by atoms with Crippen LogP contribution in [-0.2, 0) is 0 Å². The fourth-order valence-corrected chi connectivity index (χ4v) is 2.37. The summed E-state index contributed by atoms with van der Waals surface area (Å²) in [5.41, 5.74) is 1.97. The first kappa shape index (κ1) is 15.9. The quantitative estimate of drug-likeness (QED) is 0.911. The normalized spacial score (nSPS) is 11.4. The minimum absolute atomic E-state index is 0.173. The Morgan fingerprint density at radius 1 is 1.27 bits per heavy atom. The third-order valence-electron chi connectivity index (χ3n) is 3.50. The molecule has 1 atom stereocenters. The average molecular weight is 314 g/mol. The van der Waals surface area contributed by atoms with Crippen LogP contribution in [0.3, 0.4) is 0 Å². The second-order valence-corrected chi connectivity index (χ2v) is 5.34. The van der Waals surface area contributed by atoms with E-state index in [-0.39, 0.29) is 12.1 Å². The number of benzene rings is 2. The van der Waals surface area contributed by atoms with Crippen molar-refractivity contribution in [1.82, 2.24) is 4.90 Å². The van der Waals surface area contributed by atoms with E-state index in [0.717, 1.165) is 5.56 Å². The molecular weight excluding hydrogens is 298 g/mol. The molecule has 0 aliphatic heterocycles. The van der Waals surface area contributed by atoms with Gasteiger partial charge in [-0.15, -0.1) is 0 Å². The molecule has 0 spiro atoms. The summed E-state index contributed by atoms with van der Waals surface area (Å²) in [5.74, 6) is 0. The van der Waals surface area contributed by atoms with Crippen LogP contribution in [0, 0.1) is 11.3 Å². The van der Waals surface area contributed by atoms with Crippen LogP contribution in [0.2, 0.25) is 5.02 Å². The Balaban J connectivity index is 2.12. The Bertz CT molecular complexity index is 724. The van der Waals surface area contributed by atoms with Gasteiger partial charge in [-0.2, -0.15) is 5.26 Å². The lowest BCUT2D eigenvalue weighted by Crippen LogP contribution is -2.33. The first-order chi connectivity index (χ1) is 10.5. The molecule has 0 aromatic heterocycles. The van der Waals surface area contributed by atoms with E-state index in [2.05, 4.69) is 5.32 Å². The predicted molar refractivity (Wildman–Crippen MR) is 87.8 cm³/mol. The van der Waals surface area contributed by atoms with Gasteiger partial charge < -0.3 is 10.2 Å². The van der Waals surface area contributed by atoms with E-state index in [1.807, 2.05) is 31.2 Å². The molecule has 0 bridgehead atoms. The zero-order chi connectivity index (χ0) is 16.1. The molecule has 0 heterocycles. The monoisotopic (exact) mass is 313 g/mol. The first-order valence-electron chi connectivity index (χ1n) is 6.81. The number of nitriles is 1. The van der Waals surface area contributed by atoms with Gasteiger partial charge in [-0.25, -0.2) is 4.79 Å². The predicted octanol–water partition coefficient (Wildman–Crippen LogP) is 4.44. The molecule has 2 aromatic carbocycles. The molecule has 0 aliphatic rings. The Morgan fingerprint density at radius 3 is 2.68 bits per heavy atom. The molecule has 1 N–H and O–H groups in total. The van der Waals surface area contributed by atoms with Gasteiger partial charge in [-0.1, -0.05) is 35.9 Å². The van der Waals surface area contributed by atoms with Gasteiger partial charge in [-0.05, 0) is 36.8 Å². The molecule has 0 fully saturated rings. The third kappa shape index (κ3) is 3.57. The zero-order valence-corrected chi connectivity index (χ0v) is 13.1. The number of hydrogen-bond acceptors (Lipinski definition) is 2. The summed E-state index contributed by atoms with van der Waals surface area (Å²) >= 11 is 6.17. The van der Waals surface area contributed by atoms with Crippen LogP contribution in [-0.4, -0.2) is 18.0 Å². The van der Waals surface area contributed by atoms with Gasteiger partial charge in [0.1, 0.15) is 0 Å². The van der Waals surface area contributed by atoms with Crippen LogP contribution in [0.15, 0.2) is 48.5 Å². The SMILES string of the molecule is C[C@@H](c1ccccc1Cl)N(C)C(=O)Nc1cccc(C#N)c1. The summed E-state index contributed by atoms with van der Waals surface area (Å²) in [6.45, 7) is 1.91. The number of carbonyl (C=O) groups excluding carboxylic acids is 1. The Kier molecular flexibility index (Phi) is 5.03. The number of rotatable bonds is 3. The number of urea groups is 1. The highest BCUT2D eigenvalue weighted by molar-refractivity contribution is 6.31. The van der Waals surface area contributed by atoms with E-state index in [0.29, 0.717) is 16.3 Å². The largest absolute Gasteiger partial charge is 0.322 e. The van der Waals surface area contributed by atoms with Crippen molar-refractivity contribution in [3.63, 3.8) is 0 Å². The number of amides is 2. The zero-order valence-electron chi connectivity index (χ0n) is 12.4. The molecule has 0 radical (unpaired) electrons. The topological polar surface area (TPSA) is 56.1 Å². The van der Waals surface area contributed by atoms with E-state index in [4.69, 9.17) is 16.9 Å². The van der Waals surface area contributed by atoms with Crippen molar-refractivity contribution in [3.05, 3.63) is 64.7 Å². The minimum Gasteiger partial charge on any atom is -0.321 e. The molecule has 5 heteroatoms. The van der Waals surface area contributed by atoms with Crippen molar-refractivity contribution in [2.24, 2.45) is 0 Å². The van der Waals surface area contributed by atoms with Gasteiger partial charge >= 0.3 is 6.03 Å². The third-order valence-corrected chi connectivity index (χ3v) is 3.84. The molecule has 2 aromatic rings. The molecule has 2 amide bonds.